The SMILES string of the molecule is CN(CC(C)(C)C)C1CCCCCCC1O. The van der Waals surface area contributed by atoms with E-state index >= 15 is 0 Å². The van der Waals surface area contributed by atoms with Crippen LogP contribution in [0.25, 0.3) is 0 Å². The molecule has 1 aliphatic carbocycles. The van der Waals surface area contributed by atoms with Gasteiger partial charge in [-0.3, -0.25) is 0 Å². The van der Waals surface area contributed by atoms with Crippen molar-refractivity contribution in [2.45, 2.75) is 71.4 Å². The third-order valence-electron chi connectivity index (χ3n) is 3.48. The van der Waals surface area contributed by atoms with Crippen LogP contribution < -0.4 is 0 Å². The molecular formula is C14H29NO. The second kappa shape index (κ2) is 6.02. The van der Waals surface area contributed by atoms with Crippen LogP contribution in [0.3, 0.4) is 0 Å². The summed E-state index contributed by atoms with van der Waals surface area (Å²) < 4.78 is 0. The molecule has 1 rings (SSSR count). The minimum atomic E-state index is -0.118. The summed E-state index contributed by atoms with van der Waals surface area (Å²) in [5.41, 5.74) is 0.316. The Morgan fingerprint density at radius 2 is 1.62 bits per heavy atom. The van der Waals surface area contributed by atoms with Gasteiger partial charge in [0.2, 0.25) is 0 Å². The Hall–Kier alpha value is -0.0800. The zero-order chi connectivity index (χ0) is 12.2. The highest BCUT2D eigenvalue weighted by atomic mass is 16.3. The van der Waals surface area contributed by atoms with Crippen LogP contribution in [-0.2, 0) is 0 Å². The van der Waals surface area contributed by atoms with Gasteiger partial charge in [-0.1, -0.05) is 46.5 Å². The van der Waals surface area contributed by atoms with Gasteiger partial charge in [0, 0.05) is 12.6 Å². The Bertz CT molecular complexity index is 197. The van der Waals surface area contributed by atoms with Gasteiger partial charge in [0.25, 0.3) is 0 Å². The first-order chi connectivity index (χ1) is 7.40. The normalized spacial score (nSPS) is 28.9. The minimum absolute atomic E-state index is 0.118. The second-order valence-corrected chi connectivity index (χ2v) is 6.60. The van der Waals surface area contributed by atoms with Gasteiger partial charge in [-0.25, -0.2) is 0 Å². The summed E-state index contributed by atoms with van der Waals surface area (Å²) in [4.78, 5) is 2.37. The van der Waals surface area contributed by atoms with E-state index in [1.807, 2.05) is 0 Å². The maximum Gasteiger partial charge on any atom is 0.0695 e. The minimum Gasteiger partial charge on any atom is -0.391 e. The number of nitrogens with zero attached hydrogens (tertiary/aromatic N) is 1. The third kappa shape index (κ3) is 4.84. The highest BCUT2D eigenvalue weighted by Gasteiger charge is 2.26. The lowest BCUT2D eigenvalue weighted by atomic mass is 9.90. The lowest BCUT2D eigenvalue weighted by Crippen LogP contribution is -2.45. The number of aliphatic hydroxyl groups is 1. The van der Waals surface area contributed by atoms with Crippen LogP contribution in [0.5, 0.6) is 0 Å². The van der Waals surface area contributed by atoms with E-state index in [9.17, 15) is 5.11 Å². The predicted octanol–water partition coefficient (Wildman–Crippen LogP) is 3.05. The van der Waals surface area contributed by atoms with Gasteiger partial charge in [0.1, 0.15) is 0 Å². The molecule has 0 heterocycles. The van der Waals surface area contributed by atoms with Crippen molar-refractivity contribution >= 4 is 0 Å². The first kappa shape index (κ1) is 14.0. The zero-order valence-electron chi connectivity index (χ0n) is 11.5. The number of rotatable bonds is 2. The average molecular weight is 227 g/mol. The van der Waals surface area contributed by atoms with E-state index in [0.717, 1.165) is 19.4 Å². The van der Waals surface area contributed by atoms with Crippen LogP contribution in [0.1, 0.15) is 59.3 Å². The van der Waals surface area contributed by atoms with Crippen LogP contribution in [0, 0.1) is 5.41 Å². The maximum atomic E-state index is 10.2. The lowest BCUT2D eigenvalue weighted by Gasteiger charge is -2.37. The van der Waals surface area contributed by atoms with E-state index in [-0.39, 0.29) is 6.10 Å². The molecule has 1 fully saturated rings. The Kier molecular flexibility index (Phi) is 5.26. The highest BCUT2D eigenvalue weighted by molar-refractivity contribution is 4.81. The Morgan fingerprint density at radius 1 is 1.06 bits per heavy atom. The van der Waals surface area contributed by atoms with Crippen molar-refractivity contribution in [3.05, 3.63) is 0 Å². The van der Waals surface area contributed by atoms with Gasteiger partial charge in [0.15, 0.2) is 0 Å². The van der Waals surface area contributed by atoms with Crippen LogP contribution in [0.2, 0.25) is 0 Å². The Balaban J connectivity index is 2.52. The van der Waals surface area contributed by atoms with E-state index in [4.69, 9.17) is 0 Å². The van der Waals surface area contributed by atoms with Crippen molar-refractivity contribution in [3.63, 3.8) is 0 Å². The van der Waals surface area contributed by atoms with Gasteiger partial charge >= 0.3 is 0 Å². The quantitative estimate of drug-likeness (QED) is 0.784. The smallest absolute Gasteiger partial charge is 0.0695 e. The van der Waals surface area contributed by atoms with Crippen molar-refractivity contribution in [1.29, 1.82) is 0 Å². The first-order valence-corrected chi connectivity index (χ1v) is 6.78. The Morgan fingerprint density at radius 3 is 2.19 bits per heavy atom. The van der Waals surface area contributed by atoms with E-state index in [1.54, 1.807) is 0 Å². The van der Waals surface area contributed by atoms with Crippen LogP contribution in [0.15, 0.2) is 0 Å². The number of hydrogen-bond acceptors (Lipinski definition) is 2. The fraction of sp³-hybridized carbons (Fsp3) is 1.00. The topological polar surface area (TPSA) is 23.5 Å². The molecule has 0 aliphatic heterocycles. The van der Waals surface area contributed by atoms with Crippen molar-refractivity contribution in [2.75, 3.05) is 13.6 Å². The van der Waals surface area contributed by atoms with E-state index in [1.165, 1.54) is 25.7 Å². The molecule has 2 heteroatoms. The molecule has 96 valence electrons. The largest absolute Gasteiger partial charge is 0.391 e. The van der Waals surface area contributed by atoms with Crippen molar-refractivity contribution in [1.82, 2.24) is 4.90 Å². The molecule has 0 aromatic heterocycles. The first-order valence-electron chi connectivity index (χ1n) is 6.78. The molecule has 2 unspecified atom stereocenters. The summed E-state index contributed by atoms with van der Waals surface area (Å²) in [6.07, 6.45) is 7.14. The molecule has 2 nitrogen and oxygen atoms in total. The molecule has 0 saturated heterocycles. The van der Waals surface area contributed by atoms with Crippen molar-refractivity contribution < 1.29 is 5.11 Å². The summed E-state index contributed by atoms with van der Waals surface area (Å²) in [5.74, 6) is 0. The van der Waals surface area contributed by atoms with Gasteiger partial charge in [0.05, 0.1) is 6.10 Å². The molecule has 0 bridgehead atoms. The number of hydrogen-bond donors (Lipinski definition) is 1. The van der Waals surface area contributed by atoms with Crippen molar-refractivity contribution in [2.24, 2.45) is 5.41 Å². The molecule has 0 aromatic carbocycles. The molecular weight excluding hydrogens is 198 g/mol. The fourth-order valence-electron chi connectivity index (χ4n) is 2.82. The van der Waals surface area contributed by atoms with Crippen LogP contribution in [0.4, 0.5) is 0 Å². The Labute approximate surface area is 101 Å². The predicted molar refractivity (Wildman–Crippen MR) is 69.6 cm³/mol. The molecule has 0 spiro atoms. The molecule has 1 N–H and O–H groups in total. The van der Waals surface area contributed by atoms with Crippen molar-refractivity contribution in [3.8, 4) is 0 Å². The molecule has 1 saturated carbocycles. The molecule has 0 aromatic rings. The van der Waals surface area contributed by atoms with Gasteiger partial charge < -0.3 is 10.0 Å². The maximum absolute atomic E-state index is 10.2. The monoisotopic (exact) mass is 227 g/mol. The second-order valence-electron chi connectivity index (χ2n) is 6.60. The number of aliphatic hydroxyl groups excluding tert-OH is 1. The van der Waals surface area contributed by atoms with E-state index in [2.05, 4.69) is 32.7 Å². The molecule has 1 aliphatic rings. The van der Waals surface area contributed by atoms with Crippen LogP contribution in [-0.4, -0.2) is 35.7 Å². The summed E-state index contributed by atoms with van der Waals surface area (Å²) >= 11 is 0. The highest BCUT2D eigenvalue weighted by Crippen LogP contribution is 2.24. The summed E-state index contributed by atoms with van der Waals surface area (Å²) in [5, 5.41) is 10.2. The van der Waals surface area contributed by atoms with Gasteiger partial charge in [-0.2, -0.15) is 0 Å². The van der Waals surface area contributed by atoms with Gasteiger partial charge in [-0.15, -0.1) is 0 Å². The standard InChI is InChI=1S/C14H29NO/c1-14(2,3)11-15(4)12-9-7-5-6-8-10-13(12)16/h12-13,16H,5-11H2,1-4H3. The molecule has 0 amide bonds. The van der Waals surface area contributed by atoms with Crippen LogP contribution >= 0.6 is 0 Å². The summed E-state index contributed by atoms with van der Waals surface area (Å²) in [7, 11) is 2.17. The molecule has 16 heavy (non-hydrogen) atoms. The fourth-order valence-corrected chi connectivity index (χ4v) is 2.82. The average Bonchev–Trinajstić information content (AvgIpc) is 2.08. The summed E-state index contributed by atoms with van der Waals surface area (Å²) in [6, 6.07) is 0.375. The number of likely N-dealkylation sites (N-methyl/N-ethyl adjacent to an activating group) is 1. The zero-order valence-corrected chi connectivity index (χ0v) is 11.5. The summed E-state index contributed by atoms with van der Waals surface area (Å²) in [6.45, 7) is 7.85. The molecule has 0 radical (unpaired) electrons. The van der Waals surface area contributed by atoms with E-state index in [0.29, 0.717) is 11.5 Å². The van der Waals surface area contributed by atoms with E-state index < -0.39 is 0 Å². The van der Waals surface area contributed by atoms with Gasteiger partial charge in [-0.05, 0) is 25.3 Å². The lowest BCUT2D eigenvalue weighted by molar-refractivity contribution is 0.0302. The molecule has 2 atom stereocenters. The third-order valence-corrected chi connectivity index (χ3v) is 3.48.